The molecule has 0 bridgehead atoms. The van der Waals surface area contributed by atoms with Crippen LogP contribution in [0, 0.1) is 0 Å². The molecule has 1 heteroatoms. The lowest BCUT2D eigenvalue weighted by Crippen LogP contribution is -2.04. The molecule has 0 fully saturated rings. The molecular weight excluding hydrogens is 74.1 g/mol. The first-order valence-electron chi connectivity index (χ1n) is 2.06. The molecule has 0 aliphatic heterocycles. The highest BCUT2D eigenvalue weighted by Gasteiger charge is 2.03. The predicted octanol–water partition coefficient (Wildman–Crippen LogP) is 1.02. The summed E-state index contributed by atoms with van der Waals surface area (Å²) in [5.41, 5.74) is 0. The Kier molecular flexibility index (Phi) is 0.748. The second-order valence-electron chi connectivity index (χ2n) is 1.41. The van der Waals surface area contributed by atoms with Gasteiger partial charge in [-0.05, 0) is 13.1 Å². The summed E-state index contributed by atoms with van der Waals surface area (Å²) in [4.78, 5) is 3.76. The highest BCUT2D eigenvalue weighted by atomic mass is 14.7. The van der Waals surface area contributed by atoms with Gasteiger partial charge >= 0.3 is 0 Å². The minimum atomic E-state index is 0.449. The van der Waals surface area contributed by atoms with Crippen LogP contribution in [0.3, 0.4) is 0 Å². The minimum Gasteiger partial charge on any atom is -0.293 e. The Labute approximate surface area is 37.4 Å². The van der Waals surface area contributed by atoms with E-state index in [4.69, 9.17) is 0 Å². The molecule has 1 aliphatic rings. The van der Waals surface area contributed by atoms with Gasteiger partial charge < -0.3 is 0 Å². The second-order valence-corrected chi connectivity index (χ2v) is 1.41. The normalized spacial score (nSPS) is 29.0. The van der Waals surface area contributed by atoms with Gasteiger partial charge in [0.25, 0.3) is 0 Å². The Hall–Kier alpha value is -0.590. The number of hydrogen-bond acceptors (Lipinski definition) is 1. The van der Waals surface area contributed by atoms with Crippen LogP contribution < -0.4 is 0 Å². The molecule has 1 nitrogen and oxygen atoms in total. The van der Waals surface area contributed by atoms with E-state index < -0.39 is 0 Å². The molecule has 1 unspecified atom stereocenters. The molecule has 0 spiro atoms. The van der Waals surface area contributed by atoms with Crippen LogP contribution in [0.4, 0.5) is 0 Å². The summed E-state index contributed by atoms with van der Waals surface area (Å²) in [5, 5.41) is 0. The average molecular weight is 81.1 g/mol. The molecule has 0 heterocycles. The van der Waals surface area contributed by atoms with Crippen LogP contribution in [0.2, 0.25) is 0 Å². The van der Waals surface area contributed by atoms with Gasteiger partial charge in [-0.15, -0.1) is 0 Å². The molecule has 32 valence electrons. The largest absolute Gasteiger partial charge is 0.293 e. The van der Waals surface area contributed by atoms with Gasteiger partial charge in [0, 0.05) is 0 Å². The first-order valence-corrected chi connectivity index (χ1v) is 2.06. The average Bonchev–Trinajstić information content (AvgIpc) is 1.31. The van der Waals surface area contributed by atoms with Crippen LogP contribution in [-0.2, 0) is 0 Å². The van der Waals surface area contributed by atoms with Gasteiger partial charge in [0.05, 0.1) is 6.04 Å². The van der Waals surface area contributed by atoms with Crippen molar-refractivity contribution in [2.24, 2.45) is 4.99 Å². The first kappa shape index (κ1) is 3.59. The fraction of sp³-hybridized carbons (Fsp3) is 0.400. The maximum Gasteiger partial charge on any atom is 0.0707 e. The van der Waals surface area contributed by atoms with Gasteiger partial charge in [0.1, 0.15) is 0 Å². The zero-order chi connectivity index (χ0) is 4.41. The van der Waals surface area contributed by atoms with Crippen molar-refractivity contribution in [1.29, 1.82) is 0 Å². The van der Waals surface area contributed by atoms with Gasteiger partial charge in [-0.1, -0.05) is 12.2 Å². The van der Waals surface area contributed by atoms with Crippen molar-refractivity contribution in [3.63, 3.8) is 0 Å². The summed E-state index contributed by atoms with van der Waals surface area (Å²) in [6, 6.07) is 0.449. The van der Waals surface area contributed by atoms with E-state index in [1.165, 1.54) is 0 Å². The van der Waals surface area contributed by atoms with Crippen LogP contribution in [-0.4, -0.2) is 12.8 Å². The van der Waals surface area contributed by atoms with Crippen molar-refractivity contribution in [2.45, 2.75) is 12.5 Å². The van der Waals surface area contributed by atoms with E-state index in [9.17, 15) is 0 Å². The molecule has 0 saturated heterocycles. The molecule has 0 aromatic carbocycles. The lowest BCUT2D eigenvalue weighted by molar-refractivity contribution is 0.779. The number of aliphatic imine (C=N–C) groups is 1. The second kappa shape index (κ2) is 1.25. The standard InChI is InChI=1S/C5H7N/c1-6-5-3-2-4-5/h2-3,5H,1,4H2. The Morgan fingerprint density at radius 1 is 1.83 bits per heavy atom. The summed E-state index contributed by atoms with van der Waals surface area (Å²) in [5.74, 6) is 0. The highest BCUT2D eigenvalue weighted by Crippen LogP contribution is 2.09. The number of nitrogens with zero attached hydrogens (tertiary/aromatic N) is 1. The topological polar surface area (TPSA) is 12.4 Å². The van der Waals surface area contributed by atoms with Crippen molar-refractivity contribution in [3.8, 4) is 0 Å². The van der Waals surface area contributed by atoms with Crippen LogP contribution >= 0.6 is 0 Å². The van der Waals surface area contributed by atoms with E-state index in [1.807, 2.05) is 6.08 Å². The third kappa shape index (κ3) is 0.361. The molecule has 0 saturated carbocycles. The minimum absolute atomic E-state index is 0.449. The van der Waals surface area contributed by atoms with E-state index in [-0.39, 0.29) is 0 Å². The molecule has 0 N–H and O–H groups in total. The van der Waals surface area contributed by atoms with E-state index >= 15 is 0 Å². The number of rotatable bonds is 1. The summed E-state index contributed by atoms with van der Waals surface area (Å²) in [7, 11) is 0. The molecule has 0 amide bonds. The molecule has 0 aromatic heterocycles. The highest BCUT2D eigenvalue weighted by molar-refractivity contribution is 5.27. The molecule has 1 aliphatic carbocycles. The molecule has 1 atom stereocenters. The first-order chi connectivity index (χ1) is 2.93. The van der Waals surface area contributed by atoms with E-state index in [1.54, 1.807) is 0 Å². The Bertz CT molecular complexity index is 83.9. The molecule has 0 aromatic rings. The van der Waals surface area contributed by atoms with Crippen molar-refractivity contribution in [1.82, 2.24) is 0 Å². The fourth-order valence-corrected chi connectivity index (χ4v) is 0.393. The maximum atomic E-state index is 3.76. The molecule has 1 rings (SSSR count). The fourth-order valence-electron chi connectivity index (χ4n) is 0.393. The zero-order valence-electron chi connectivity index (χ0n) is 3.59. The summed E-state index contributed by atoms with van der Waals surface area (Å²) >= 11 is 0. The van der Waals surface area contributed by atoms with Gasteiger partial charge in [-0.3, -0.25) is 4.99 Å². The predicted molar refractivity (Wildman–Crippen MR) is 27.1 cm³/mol. The van der Waals surface area contributed by atoms with Gasteiger partial charge in [0.15, 0.2) is 0 Å². The maximum absolute atomic E-state index is 3.76. The van der Waals surface area contributed by atoms with E-state index in [2.05, 4.69) is 17.8 Å². The van der Waals surface area contributed by atoms with Crippen LogP contribution in [0.5, 0.6) is 0 Å². The number of hydrogen-bond donors (Lipinski definition) is 0. The third-order valence-electron chi connectivity index (χ3n) is 0.970. The Balaban J connectivity index is 2.39. The Morgan fingerprint density at radius 2 is 2.50 bits per heavy atom. The van der Waals surface area contributed by atoms with E-state index in [0.29, 0.717) is 6.04 Å². The Morgan fingerprint density at radius 3 is 2.50 bits per heavy atom. The zero-order valence-corrected chi connectivity index (χ0v) is 3.59. The van der Waals surface area contributed by atoms with Gasteiger partial charge in [-0.25, -0.2) is 0 Å². The summed E-state index contributed by atoms with van der Waals surface area (Å²) in [6.07, 6.45) is 5.25. The van der Waals surface area contributed by atoms with Crippen LogP contribution in [0.1, 0.15) is 6.42 Å². The SMILES string of the molecule is C=NC1C=CC1. The van der Waals surface area contributed by atoms with E-state index in [0.717, 1.165) is 6.42 Å². The molecule has 0 radical (unpaired) electrons. The van der Waals surface area contributed by atoms with Crippen LogP contribution in [0.15, 0.2) is 17.1 Å². The quantitative estimate of drug-likeness (QED) is 0.330. The summed E-state index contributed by atoms with van der Waals surface area (Å²) < 4.78 is 0. The monoisotopic (exact) mass is 81.1 g/mol. The van der Waals surface area contributed by atoms with Gasteiger partial charge in [-0.2, -0.15) is 0 Å². The van der Waals surface area contributed by atoms with Crippen molar-refractivity contribution < 1.29 is 0 Å². The smallest absolute Gasteiger partial charge is 0.0707 e. The van der Waals surface area contributed by atoms with Crippen molar-refractivity contribution in [3.05, 3.63) is 12.2 Å². The van der Waals surface area contributed by atoms with Crippen molar-refractivity contribution in [2.75, 3.05) is 0 Å². The van der Waals surface area contributed by atoms with Crippen molar-refractivity contribution >= 4 is 6.72 Å². The van der Waals surface area contributed by atoms with Gasteiger partial charge in [0.2, 0.25) is 0 Å². The summed E-state index contributed by atoms with van der Waals surface area (Å²) in [6.45, 7) is 3.38. The lowest BCUT2D eigenvalue weighted by atomic mass is 10.1. The molecular formula is C5H7N. The third-order valence-corrected chi connectivity index (χ3v) is 0.970. The van der Waals surface area contributed by atoms with Crippen LogP contribution in [0.25, 0.3) is 0 Å². The lowest BCUT2D eigenvalue weighted by Gasteiger charge is -2.09. The molecule has 6 heavy (non-hydrogen) atoms.